The average molecular weight is 249 g/mol. The van der Waals surface area contributed by atoms with Crippen LogP contribution in [0.5, 0.6) is 0 Å². The van der Waals surface area contributed by atoms with Crippen LogP contribution in [0, 0.1) is 6.92 Å². The van der Waals surface area contributed by atoms with Gasteiger partial charge >= 0.3 is 0 Å². The van der Waals surface area contributed by atoms with E-state index in [1.54, 1.807) is 0 Å². The SMILES string of the molecule is CCC1CCCCN1C(=O)Cc1cc(C)nn1C. The number of hydrogen-bond donors (Lipinski definition) is 0. The van der Waals surface area contributed by atoms with Crippen LogP contribution in [0.4, 0.5) is 0 Å². The van der Waals surface area contributed by atoms with Gasteiger partial charge in [-0.2, -0.15) is 5.10 Å². The topological polar surface area (TPSA) is 38.1 Å². The highest BCUT2D eigenvalue weighted by atomic mass is 16.2. The molecule has 1 unspecified atom stereocenters. The third-order valence-corrected chi connectivity index (χ3v) is 3.85. The van der Waals surface area contributed by atoms with E-state index < -0.39 is 0 Å². The van der Waals surface area contributed by atoms with E-state index in [-0.39, 0.29) is 5.91 Å². The number of amides is 1. The van der Waals surface area contributed by atoms with E-state index in [2.05, 4.69) is 16.9 Å². The van der Waals surface area contributed by atoms with Crippen molar-refractivity contribution in [3.05, 3.63) is 17.5 Å². The fraction of sp³-hybridized carbons (Fsp3) is 0.714. The summed E-state index contributed by atoms with van der Waals surface area (Å²) in [5.74, 6) is 0.254. The molecular weight excluding hydrogens is 226 g/mol. The number of likely N-dealkylation sites (tertiary alicyclic amines) is 1. The van der Waals surface area contributed by atoms with Crippen LogP contribution < -0.4 is 0 Å². The van der Waals surface area contributed by atoms with Crippen molar-refractivity contribution in [3.63, 3.8) is 0 Å². The third kappa shape index (κ3) is 2.74. The van der Waals surface area contributed by atoms with Crippen molar-refractivity contribution in [2.24, 2.45) is 7.05 Å². The normalized spacial score (nSPS) is 20.2. The molecule has 1 amide bonds. The first-order chi connectivity index (χ1) is 8.61. The predicted molar refractivity (Wildman–Crippen MR) is 71.3 cm³/mol. The summed E-state index contributed by atoms with van der Waals surface area (Å²) in [5, 5.41) is 4.29. The number of carbonyl (C=O) groups is 1. The van der Waals surface area contributed by atoms with Crippen molar-refractivity contribution >= 4 is 5.91 Å². The summed E-state index contributed by atoms with van der Waals surface area (Å²) in [5.41, 5.74) is 1.99. The molecule has 4 heteroatoms. The summed E-state index contributed by atoms with van der Waals surface area (Å²) in [6, 6.07) is 2.45. The monoisotopic (exact) mass is 249 g/mol. The Hall–Kier alpha value is -1.32. The van der Waals surface area contributed by atoms with E-state index in [1.165, 1.54) is 6.42 Å². The van der Waals surface area contributed by atoms with E-state index in [0.717, 1.165) is 37.2 Å². The van der Waals surface area contributed by atoms with Gasteiger partial charge in [-0.3, -0.25) is 9.48 Å². The Morgan fingerprint density at radius 3 is 2.89 bits per heavy atom. The molecule has 0 N–H and O–H groups in total. The zero-order valence-electron chi connectivity index (χ0n) is 11.6. The average Bonchev–Trinajstić information content (AvgIpc) is 2.67. The number of nitrogens with zero attached hydrogens (tertiary/aromatic N) is 3. The molecule has 1 aromatic heterocycles. The molecule has 1 saturated heterocycles. The van der Waals surface area contributed by atoms with Crippen LogP contribution in [0.25, 0.3) is 0 Å². The molecular formula is C14H23N3O. The Bertz CT molecular complexity index is 425. The maximum absolute atomic E-state index is 12.4. The second-order valence-corrected chi connectivity index (χ2v) is 5.22. The van der Waals surface area contributed by atoms with Crippen molar-refractivity contribution in [1.29, 1.82) is 0 Å². The highest BCUT2D eigenvalue weighted by Gasteiger charge is 2.25. The molecule has 1 aromatic rings. The fourth-order valence-corrected chi connectivity index (χ4v) is 2.84. The largest absolute Gasteiger partial charge is 0.339 e. The van der Waals surface area contributed by atoms with Crippen LogP contribution >= 0.6 is 0 Å². The lowest BCUT2D eigenvalue weighted by atomic mass is 9.99. The summed E-state index contributed by atoms with van der Waals surface area (Å²) < 4.78 is 1.82. The minimum atomic E-state index is 0.254. The van der Waals surface area contributed by atoms with Gasteiger partial charge in [-0.05, 0) is 38.7 Å². The van der Waals surface area contributed by atoms with Crippen molar-refractivity contribution < 1.29 is 4.79 Å². The van der Waals surface area contributed by atoms with Crippen LogP contribution in [0.3, 0.4) is 0 Å². The summed E-state index contributed by atoms with van der Waals surface area (Å²) >= 11 is 0. The number of aryl methyl sites for hydroxylation is 2. The molecule has 1 fully saturated rings. The van der Waals surface area contributed by atoms with Crippen LogP contribution in [0.2, 0.25) is 0 Å². The molecule has 1 aliphatic rings. The minimum absolute atomic E-state index is 0.254. The lowest BCUT2D eigenvalue weighted by Gasteiger charge is -2.35. The lowest BCUT2D eigenvalue weighted by molar-refractivity contribution is -0.134. The highest BCUT2D eigenvalue weighted by Crippen LogP contribution is 2.20. The van der Waals surface area contributed by atoms with Gasteiger partial charge in [0, 0.05) is 25.3 Å². The number of rotatable bonds is 3. The smallest absolute Gasteiger partial charge is 0.228 e. The van der Waals surface area contributed by atoms with Crippen LogP contribution in [0.1, 0.15) is 44.0 Å². The zero-order chi connectivity index (χ0) is 13.1. The second-order valence-electron chi connectivity index (χ2n) is 5.22. The molecule has 0 radical (unpaired) electrons. The van der Waals surface area contributed by atoms with Gasteiger partial charge < -0.3 is 4.90 Å². The summed E-state index contributed by atoms with van der Waals surface area (Å²) in [7, 11) is 1.91. The first kappa shape index (κ1) is 13.1. The van der Waals surface area contributed by atoms with Crippen LogP contribution in [-0.2, 0) is 18.3 Å². The minimum Gasteiger partial charge on any atom is -0.339 e. The van der Waals surface area contributed by atoms with Gasteiger partial charge in [-0.25, -0.2) is 0 Å². The van der Waals surface area contributed by atoms with Gasteiger partial charge in [0.1, 0.15) is 0 Å². The first-order valence-corrected chi connectivity index (χ1v) is 6.90. The fourth-order valence-electron chi connectivity index (χ4n) is 2.84. The zero-order valence-corrected chi connectivity index (χ0v) is 11.6. The van der Waals surface area contributed by atoms with E-state index in [4.69, 9.17) is 0 Å². The Morgan fingerprint density at radius 2 is 2.28 bits per heavy atom. The maximum Gasteiger partial charge on any atom is 0.228 e. The number of hydrogen-bond acceptors (Lipinski definition) is 2. The molecule has 4 nitrogen and oxygen atoms in total. The molecule has 0 spiro atoms. The Morgan fingerprint density at radius 1 is 1.50 bits per heavy atom. The van der Waals surface area contributed by atoms with Gasteiger partial charge in [0.25, 0.3) is 0 Å². The summed E-state index contributed by atoms with van der Waals surface area (Å²) in [4.78, 5) is 14.5. The number of carbonyl (C=O) groups excluding carboxylic acids is 1. The van der Waals surface area contributed by atoms with Gasteiger partial charge in [0.05, 0.1) is 12.1 Å². The van der Waals surface area contributed by atoms with E-state index in [0.29, 0.717) is 12.5 Å². The molecule has 0 bridgehead atoms. The third-order valence-electron chi connectivity index (χ3n) is 3.85. The quantitative estimate of drug-likeness (QED) is 0.822. The second kappa shape index (κ2) is 5.55. The van der Waals surface area contributed by atoms with Gasteiger partial charge in [0.15, 0.2) is 0 Å². The van der Waals surface area contributed by atoms with Gasteiger partial charge in [0.2, 0.25) is 5.91 Å². The van der Waals surface area contributed by atoms with Crippen molar-refractivity contribution in [1.82, 2.24) is 14.7 Å². The van der Waals surface area contributed by atoms with Crippen molar-refractivity contribution in [3.8, 4) is 0 Å². The summed E-state index contributed by atoms with van der Waals surface area (Å²) in [6.07, 6.45) is 5.11. The van der Waals surface area contributed by atoms with E-state index in [9.17, 15) is 4.79 Å². The Balaban J connectivity index is 2.04. The first-order valence-electron chi connectivity index (χ1n) is 6.90. The molecule has 1 aliphatic heterocycles. The van der Waals surface area contributed by atoms with Crippen LogP contribution in [0.15, 0.2) is 6.07 Å². The number of aromatic nitrogens is 2. The number of piperidine rings is 1. The van der Waals surface area contributed by atoms with E-state index >= 15 is 0 Å². The standard InChI is InChI=1S/C14H23N3O/c1-4-12-7-5-6-8-17(12)14(18)10-13-9-11(2)15-16(13)3/h9,12H,4-8,10H2,1-3H3. The van der Waals surface area contributed by atoms with Crippen molar-refractivity contribution in [2.75, 3.05) is 6.54 Å². The molecule has 0 aliphatic carbocycles. The Labute approximate surface area is 109 Å². The molecule has 2 rings (SSSR count). The predicted octanol–water partition coefficient (Wildman–Crippen LogP) is 2.06. The van der Waals surface area contributed by atoms with E-state index in [1.807, 2.05) is 24.7 Å². The maximum atomic E-state index is 12.4. The molecule has 100 valence electrons. The van der Waals surface area contributed by atoms with Gasteiger partial charge in [-0.1, -0.05) is 6.92 Å². The molecule has 0 aromatic carbocycles. The molecule has 0 saturated carbocycles. The summed E-state index contributed by atoms with van der Waals surface area (Å²) in [6.45, 7) is 5.06. The Kier molecular flexibility index (Phi) is 4.04. The lowest BCUT2D eigenvalue weighted by Crippen LogP contribution is -2.44. The van der Waals surface area contributed by atoms with Crippen LogP contribution in [-0.4, -0.2) is 33.2 Å². The molecule has 1 atom stereocenters. The molecule has 2 heterocycles. The van der Waals surface area contributed by atoms with Gasteiger partial charge in [-0.15, -0.1) is 0 Å². The highest BCUT2D eigenvalue weighted by molar-refractivity contribution is 5.78. The molecule has 18 heavy (non-hydrogen) atoms. The van der Waals surface area contributed by atoms with Crippen molar-refractivity contribution in [2.45, 2.75) is 52.0 Å².